The van der Waals surface area contributed by atoms with Crippen LogP contribution in [-0.2, 0) is 4.79 Å². The Morgan fingerprint density at radius 3 is 2.42 bits per heavy atom. The molecule has 3 aromatic rings. The van der Waals surface area contributed by atoms with E-state index in [0.29, 0.717) is 30.3 Å². The van der Waals surface area contributed by atoms with E-state index in [-0.39, 0.29) is 17.4 Å². The van der Waals surface area contributed by atoms with Gasteiger partial charge in [-0.25, -0.2) is 4.52 Å². The predicted octanol–water partition coefficient (Wildman–Crippen LogP) is 4.38. The monoisotopic (exact) mass is 657 g/mol. The molecule has 12 heteroatoms. The summed E-state index contributed by atoms with van der Waals surface area (Å²) in [5.74, 6) is 2.67. The number of aromatic nitrogens is 5. The zero-order valence-electron chi connectivity index (χ0n) is 29.1. The van der Waals surface area contributed by atoms with Gasteiger partial charge in [-0.05, 0) is 108 Å². The molecule has 6 fully saturated rings. The summed E-state index contributed by atoms with van der Waals surface area (Å²) < 4.78 is 1.84. The van der Waals surface area contributed by atoms with Crippen LogP contribution in [0, 0.1) is 5.41 Å². The Balaban J connectivity index is 0.000000287. The average molecular weight is 658 g/mol. The summed E-state index contributed by atoms with van der Waals surface area (Å²) in [6, 6.07) is 8.35. The van der Waals surface area contributed by atoms with E-state index in [0.717, 1.165) is 62.3 Å². The van der Waals surface area contributed by atoms with E-state index >= 15 is 0 Å². The van der Waals surface area contributed by atoms with E-state index in [1.54, 1.807) is 0 Å². The minimum atomic E-state index is -0.741. The highest BCUT2D eigenvalue weighted by Crippen LogP contribution is 2.44. The Morgan fingerprint density at radius 2 is 1.71 bits per heavy atom. The standard InChI is InChI=1S/C28H39N9O.C8H16N2/c1-27(2)16-28(3,25(38)29-19-6-4-12-35(15-19)20-10-11-20)36(17-27)26-31-24(22-7-5-13-37(22)34-26)30-23-14-21(32-33-23)18-8-9-18;9-7-2-1-5-10(6-7)8-3-4-8/h5,7,13-14,18-20H,4,6,8-12,15-17H2,1-3H3,(H,29,38)(H2,30,31,32,33,34);7-8H,1-6,9H2/t19-,28+;7-/m11/s1. The first-order chi connectivity index (χ1) is 23.1. The number of carbonyl (C=O) groups excluding carboxylic acids is 1. The van der Waals surface area contributed by atoms with Gasteiger partial charge in [0.1, 0.15) is 11.1 Å². The highest BCUT2D eigenvalue weighted by Gasteiger charge is 2.52. The molecule has 6 aliphatic rings. The molecule has 3 aliphatic heterocycles. The van der Waals surface area contributed by atoms with Gasteiger partial charge in [-0.1, -0.05) is 13.8 Å². The van der Waals surface area contributed by atoms with Gasteiger partial charge in [0, 0.05) is 67.7 Å². The van der Waals surface area contributed by atoms with E-state index in [2.05, 4.69) is 62.4 Å². The summed E-state index contributed by atoms with van der Waals surface area (Å²) in [7, 11) is 0. The lowest BCUT2D eigenvalue weighted by atomic mass is 9.84. The zero-order valence-corrected chi connectivity index (χ0v) is 29.1. The number of rotatable bonds is 8. The molecule has 0 aromatic carbocycles. The van der Waals surface area contributed by atoms with Crippen molar-refractivity contribution >= 4 is 29.0 Å². The van der Waals surface area contributed by atoms with Gasteiger partial charge in [-0.15, -0.1) is 5.10 Å². The molecule has 48 heavy (non-hydrogen) atoms. The Morgan fingerprint density at radius 1 is 0.979 bits per heavy atom. The second-order valence-electron chi connectivity index (χ2n) is 16.6. The topological polar surface area (TPSA) is 136 Å². The molecule has 1 amide bonds. The highest BCUT2D eigenvalue weighted by molar-refractivity contribution is 5.90. The largest absolute Gasteiger partial charge is 0.350 e. The van der Waals surface area contributed by atoms with Crippen LogP contribution in [0.25, 0.3) is 5.52 Å². The lowest BCUT2D eigenvalue weighted by Gasteiger charge is -2.38. The van der Waals surface area contributed by atoms with Crippen LogP contribution < -0.4 is 21.3 Å². The van der Waals surface area contributed by atoms with Crippen LogP contribution in [-0.4, -0.2) is 103 Å². The van der Waals surface area contributed by atoms with E-state index < -0.39 is 5.54 Å². The first-order valence-corrected chi connectivity index (χ1v) is 18.6. The van der Waals surface area contributed by atoms with Crippen molar-refractivity contribution in [3.05, 3.63) is 30.1 Å². The number of nitrogens with zero attached hydrogens (tertiary/aromatic N) is 7. The number of nitrogens with two attached hydrogens (primary N) is 1. The summed E-state index contributed by atoms with van der Waals surface area (Å²) in [6.45, 7) is 11.8. The summed E-state index contributed by atoms with van der Waals surface area (Å²) in [5, 5.41) is 19.4. The van der Waals surface area contributed by atoms with Gasteiger partial charge in [-0.2, -0.15) is 10.1 Å². The third-order valence-electron chi connectivity index (χ3n) is 11.4. The second-order valence-corrected chi connectivity index (χ2v) is 16.6. The fourth-order valence-corrected chi connectivity index (χ4v) is 8.48. The van der Waals surface area contributed by atoms with Gasteiger partial charge in [0.25, 0.3) is 0 Å². The van der Waals surface area contributed by atoms with Crippen LogP contribution in [0.5, 0.6) is 0 Å². The Kier molecular flexibility index (Phi) is 8.40. The molecule has 0 radical (unpaired) electrons. The predicted molar refractivity (Wildman–Crippen MR) is 189 cm³/mol. The van der Waals surface area contributed by atoms with Crippen molar-refractivity contribution in [2.24, 2.45) is 11.1 Å². The Labute approximate surface area is 284 Å². The summed E-state index contributed by atoms with van der Waals surface area (Å²) in [4.78, 5) is 26.2. The molecular formula is C36H55N11O. The number of fused-ring (bicyclic) bond motifs is 1. The number of hydrogen-bond acceptors (Lipinski definition) is 9. The lowest BCUT2D eigenvalue weighted by Crippen LogP contribution is -2.58. The number of amides is 1. The molecule has 12 nitrogen and oxygen atoms in total. The minimum absolute atomic E-state index is 0.0529. The number of aromatic amines is 1. The molecule has 3 aliphatic carbocycles. The molecule has 0 bridgehead atoms. The quantitative estimate of drug-likeness (QED) is 0.278. The summed E-state index contributed by atoms with van der Waals surface area (Å²) >= 11 is 0. The fourth-order valence-electron chi connectivity index (χ4n) is 8.48. The van der Waals surface area contributed by atoms with Crippen LogP contribution in [0.15, 0.2) is 24.4 Å². The summed E-state index contributed by atoms with van der Waals surface area (Å²) in [5.41, 5.74) is 7.10. The van der Waals surface area contributed by atoms with E-state index in [1.807, 2.05) is 22.8 Å². The normalized spacial score (nSPS) is 29.5. The molecule has 5 N–H and O–H groups in total. The van der Waals surface area contributed by atoms with Crippen LogP contribution in [0.4, 0.5) is 17.6 Å². The molecule has 3 saturated heterocycles. The third kappa shape index (κ3) is 6.93. The second kappa shape index (κ2) is 12.6. The molecule has 0 spiro atoms. The number of carbonyl (C=O) groups is 1. The molecule has 260 valence electrons. The van der Waals surface area contributed by atoms with Gasteiger partial charge < -0.3 is 21.3 Å². The van der Waals surface area contributed by atoms with E-state index in [1.165, 1.54) is 63.6 Å². The maximum absolute atomic E-state index is 14.0. The average Bonchev–Trinajstić information content (AvgIpc) is 3.98. The number of piperidine rings is 2. The number of H-pyrrole nitrogens is 1. The van der Waals surface area contributed by atoms with Crippen molar-refractivity contribution in [3.63, 3.8) is 0 Å². The van der Waals surface area contributed by atoms with Crippen molar-refractivity contribution in [2.45, 2.75) is 127 Å². The first kappa shape index (κ1) is 32.0. The molecule has 3 saturated carbocycles. The summed E-state index contributed by atoms with van der Waals surface area (Å²) in [6.07, 6.45) is 15.3. The van der Waals surface area contributed by atoms with Gasteiger partial charge in [-0.3, -0.25) is 19.7 Å². The Hall–Kier alpha value is -3.22. The molecular weight excluding hydrogens is 602 g/mol. The van der Waals surface area contributed by atoms with Gasteiger partial charge in [0.15, 0.2) is 11.6 Å². The van der Waals surface area contributed by atoms with Crippen LogP contribution >= 0.6 is 0 Å². The van der Waals surface area contributed by atoms with Crippen LogP contribution in [0.3, 0.4) is 0 Å². The van der Waals surface area contributed by atoms with E-state index in [4.69, 9.17) is 15.8 Å². The fraction of sp³-hybridized carbons (Fsp3) is 0.722. The number of nitrogens with one attached hydrogen (secondary N) is 3. The van der Waals surface area contributed by atoms with Gasteiger partial charge in [0.2, 0.25) is 11.9 Å². The van der Waals surface area contributed by atoms with Crippen molar-refractivity contribution < 1.29 is 4.79 Å². The maximum Gasteiger partial charge on any atom is 0.246 e. The highest BCUT2D eigenvalue weighted by atomic mass is 16.2. The van der Waals surface area contributed by atoms with Crippen molar-refractivity contribution in [2.75, 3.05) is 42.9 Å². The first-order valence-electron chi connectivity index (χ1n) is 18.6. The van der Waals surface area contributed by atoms with Crippen molar-refractivity contribution in [1.29, 1.82) is 0 Å². The van der Waals surface area contributed by atoms with Gasteiger partial charge >= 0.3 is 0 Å². The van der Waals surface area contributed by atoms with Gasteiger partial charge in [0.05, 0.1) is 0 Å². The SMILES string of the molecule is CC1(C)CN(c2nc(Nc3cc(C4CC4)[nH]n3)c3cccn3n2)[C@](C)(C(=O)N[C@@H]2CCCN(C3CC3)C2)C1.N[C@@H]1CCCN(C2CC2)C1. The molecule has 9 rings (SSSR count). The molecule has 6 heterocycles. The van der Waals surface area contributed by atoms with Crippen molar-refractivity contribution in [3.8, 4) is 0 Å². The molecule has 3 atom stereocenters. The number of hydrogen-bond donors (Lipinski definition) is 4. The minimum Gasteiger partial charge on any atom is -0.350 e. The van der Waals surface area contributed by atoms with E-state index in [9.17, 15) is 4.79 Å². The third-order valence-corrected chi connectivity index (χ3v) is 11.4. The smallest absolute Gasteiger partial charge is 0.246 e. The maximum atomic E-state index is 14.0. The Bertz CT molecular complexity index is 1600. The van der Waals surface area contributed by atoms with Crippen LogP contribution in [0.2, 0.25) is 0 Å². The zero-order chi connectivity index (χ0) is 33.0. The molecule has 0 unspecified atom stereocenters. The van der Waals surface area contributed by atoms with Crippen LogP contribution in [0.1, 0.15) is 103 Å². The number of likely N-dealkylation sites (tertiary alicyclic amines) is 2. The van der Waals surface area contributed by atoms with Crippen molar-refractivity contribution in [1.82, 2.24) is 39.9 Å². The lowest BCUT2D eigenvalue weighted by molar-refractivity contribution is -0.127. The number of anilines is 3. The molecule has 3 aromatic heterocycles.